The van der Waals surface area contributed by atoms with Crippen molar-refractivity contribution in [1.29, 1.82) is 0 Å². The molecule has 2 fully saturated rings. The third-order valence-electron chi connectivity index (χ3n) is 4.72. The van der Waals surface area contributed by atoms with Crippen molar-refractivity contribution in [3.05, 3.63) is 17.8 Å². The van der Waals surface area contributed by atoms with Crippen molar-refractivity contribution in [2.75, 3.05) is 45.2 Å². The van der Waals surface area contributed by atoms with Crippen LogP contribution in [0.15, 0.2) is 12.1 Å². The molecule has 0 aromatic carbocycles. The Morgan fingerprint density at radius 1 is 1.24 bits per heavy atom. The minimum atomic E-state index is -0.194. The number of amides is 1. The molecule has 1 spiro atoms. The molecule has 1 N–H and O–H groups in total. The molecule has 1 aromatic rings. The zero-order valence-electron chi connectivity index (χ0n) is 12.8. The summed E-state index contributed by atoms with van der Waals surface area (Å²) < 4.78 is 0. The van der Waals surface area contributed by atoms with Crippen molar-refractivity contribution in [2.45, 2.75) is 19.3 Å². The molecule has 3 heterocycles. The van der Waals surface area contributed by atoms with Crippen LogP contribution < -0.4 is 10.2 Å². The van der Waals surface area contributed by atoms with Gasteiger partial charge in [-0.3, -0.25) is 4.79 Å². The second-order valence-electron chi connectivity index (χ2n) is 6.37. The lowest BCUT2D eigenvalue weighted by molar-refractivity contribution is 0.0957. The molecule has 6 nitrogen and oxygen atoms in total. The van der Waals surface area contributed by atoms with E-state index in [1.54, 1.807) is 13.1 Å². The molecule has 1 unspecified atom stereocenters. The summed E-state index contributed by atoms with van der Waals surface area (Å²) in [5, 5.41) is 10.8. The molecule has 21 heavy (non-hydrogen) atoms. The van der Waals surface area contributed by atoms with Gasteiger partial charge in [-0.1, -0.05) is 0 Å². The number of hydrogen-bond donors (Lipinski definition) is 1. The Labute approximate surface area is 125 Å². The highest BCUT2D eigenvalue weighted by Crippen LogP contribution is 2.39. The number of nitrogens with zero attached hydrogens (tertiary/aromatic N) is 4. The summed E-state index contributed by atoms with van der Waals surface area (Å²) in [7, 11) is 3.81. The van der Waals surface area contributed by atoms with Crippen molar-refractivity contribution in [1.82, 2.24) is 20.4 Å². The van der Waals surface area contributed by atoms with Gasteiger partial charge in [-0.2, -0.15) is 0 Å². The molecule has 0 saturated carbocycles. The van der Waals surface area contributed by atoms with Crippen LogP contribution in [0.3, 0.4) is 0 Å². The van der Waals surface area contributed by atoms with E-state index in [2.05, 4.69) is 32.4 Å². The van der Waals surface area contributed by atoms with Crippen LogP contribution in [-0.4, -0.2) is 61.3 Å². The van der Waals surface area contributed by atoms with E-state index in [0.717, 1.165) is 18.9 Å². The molecule has 3 rings (SSSR count). The standard InChI is InChI=1S/C15H23N5O/c1-16-14(21)12-4-5-13(18-17-12)20-9-7-15(11-20)6-3-8-19(2)10-15/h4-5H,3,6-11H2,1-2H3,(H,16,21). The lowest BCUT2D eigenvalue weighted by Gasteiger charge is -2.38. The number of hydrogen-bond acceptors (Lipinski definition) is 5. The molecule has 1 aromatic heterocycles. The van der Waals surface area contributed by atoms with Crippen molar-refractivity contribution in [2.24, 2.45) is 5.41 Å². The van der Waals surface area contributed by atoms with E-state index in [1.165, 1.54) is 32.4 Å². The number of carbonyl (C=O) groups is 1. The Balaban J connectivity index is 1.70. The number of piperidine rings is 1. The second kappa shape index (κ2) is 5.60. The van der Waals surface area contributed by atoms with Crippen molar-refractivity contribution in [3.63, 3.8) is 0 Å². The summed E-state index contributed by atoms with van der Waals surface area (Å²) >= 11 is 0. The molecule has 2 aliphatic rings. The van der Waals surface area contributed by atoms with E-state index in [-0.39, 0.29) is 5.91 Å². The van der Waals surface area contributed by atoms with Gasteiger partial charge in [0.05, 0.1) is 0 Å². The fourth-order valence-corrected chi connectivity index (χ4v) is 3.66. The highest BCUT2D eigenvalue weighted by Gasteiger charge is 2.40. The van der Waals surface area contributed by atoms with Crippen molar-refractivity contribution in [3.8, 4) is 0 Å². The number of rotatable bonds is 2. The molecular formula is C15H23N5O. The molecular weight excluding hydrogens is 266 g/mol. The molecule has 0 aliphatic carbocycles. The highest BCUT2D eigenvalue weighted by molar-refractivity contribution is 5.91. The molecule has 0 bridgehead atoms. The Bertz CT molecular complexity index is 517. The predicted octanol–water partition coefficient (Wildman–Crippen LogP) is 0.758. The Morgan fingerprint density at radius 2 is 2.10 bits per heavy atom. The third-order valence-corrected chi connectivity index (χ3v) is 4.72. The number of nitrogens with one attached hydrogen (secondary N) is 1. The molecule has 2 saturated heterocycles. The molecule has 6 heteroatoms. The Morgan fingerprint density at radius 3 is 2.76 bits per heavy atom. The van der Waals surface area contributed by atoms with Crippen molar-refractivity contribution < 1.29 is 4.79 Å². The minimum Gasteiger partial charge on any atom is -0.355 e. The maximum Gasteiger partial charge on any atom is 0.271 e. The van der Waals surface area contributed by atoms with Gasteiger partial charge in [-0.15, -0.1) is 10.2 Å². The van der Waals surface area contributed by atoms with Crippen LogP contribution in [-0.2, 0) is 0 Å². The first kappa shape index (κ1) is 14.3. The molecule has 1 atom stereocenters. The number of carbonyl (C=O) groups excluding carboxylic acids is 1. The quantitative estimate of drug-likeness (QED) is 0.871. The average Bonchev–Trinajstić information content (AvgIpc) is 2.90. The average molecular weight is 289 g/mol. The van der Waals surface area contributed by atoms with Gasteiger partial charge < -0.3 is 15.1 Å². The van der Waals surface area contributed by atoms with Gasteiger partial charge in [0.2, 0.25) is 0 Å². The maximum atomic E-state index is 11.5. The van der Waals surface area contributed by atoms with Gasteiger partial charge >= 0.3 is 0 Å². The normalized spacial score (nSPS) is 26.3. The topological polar surface area (TPSA) is 61.4 Å². The first-order chi connectivity index (χ1) is 10.1. The van der Waals surface area contributed by atoms with Crippen LogP contribution in [0.1, 0.15) is 29.8 Å². The lowest BCUT2D eigenvalue weighted by atomic mass is 9.79. The van der Waals surface area contributed by atoms with Crippen LogP contribution in [0.25, 0.3) is 0 Å². The second-order valence-corrected chi connectivity index (χ2v) is 6.37. The van der Waals surface area contributed by atoms with E-state index in [0.29, 0.717) is 11.1 Å². The molecule has 0 radical (unpaired) electrons. The molecule has 114 valence electrons. The summed E-state index contributed by atoms with van der Waals surface area (Å²) in [6.07, 6.45) is 3.80. The first-order valence-corrected chi connectivity index (χ1v) is 7.61. The van der Waals surface area contributed by atoms with E-state index in [9.17, 15) is 4.79 Å². The van der Waals surface area contributed by atoms with E-state index < -0.39 is 0 Å². The van der Waals surface area contributed by atoms with Gasteiger partial charge in [0.15, 0.2) is 11.5 Å². The van der Waals surface area contributed by atoms with Crippen LogP contribution in [0.4, 0.5) is 5.82 Å². The van der Waals surface area contributed by atoms with E-state index in [1.807, 2.05) is 6.07 Å². The van der Waals surface area contributed by atoms with Gasteiger partial charge in [0.1, 0.15) is 0 Å². The molecule has 2 aliphatic heterocycles. The minimum absolute atomic E-state index is 0.194. The van der Waals surface area contributed by atoms with Crippen LogP contribution >= 0.6 is 0 Å². The first-order valence-electron chi connectivity index (χ1n) is 7.61. The van der Waals surface area contributed by atoms with E-state index in [4.69, 9.17) is 0 Å². The van der Waals surface area contributed by atoms with Gasteiger partial charge in [-0.25, -0.2) is 0 Å². The number of anilines is 1. The summed E-state index contributed by atoms with van der Waals surface area (Å²) in [6, 6.07) is 3.66. The van der Waals surface area contributed by atoms with Gasteiger partial charge in [-0.05, 0) is 45.0 Å². The fourth-order valence-electron chi connectivity index (χ4n) is 3.66. The highest BCUT2D eigenvalue weighted by atomic mass is 16.1. The number of aromatic nitrogens is 2. The van der Waals surface area contributed by atoms with Crippen LogP contribution in [0.2, 0.25) is 0 Å². The Kier molecular flexibility index (Phi) is 3.80. The van der Waals surface area contributed by atoms with E-state index >= 15 is 0 Å². The lowest BCUT2D eigenvalue weighted by Crippen LogP contribution is -2.43. The summed E-state index contributed by atoms with van der Waals surface area (Å²) in [5.74, 6) is 0.689. The summed E-state index contributed by atoms with van der Waals surface area (Å²) in [6.45, 7) is 4.46. The Hall–Kier alpha value is -1.69. The zero-order valence-corrected chi connectivity index (χ0v) is 12.8. The third kappa shape index (κ3) is 2.85. The summed E-state index contributed by atoms with van der Waals surface area (Å²) in [5.41, 5.74) is 0.779. The largest absolute Gasteiger partial charge is 0.355 e. The summed E-state index contributed by atoms with van der Waals surface area (Å²) in [4.78, 5) is 16.2. The van der Waals surface area contributed by atoms with Crippen LogP contribution in [0, 0.1) is 5.41 Å². The van der Waals surface area contributed by atoms with Gasteiger partial charge in [0, 0.05) is 32.1 Å². The zero-order chi connectivity index (χ0) is 14.9. The SMILES string of the molecule is CNC(=O)c1ccc(N2CCC3(CCCN(C)C3)C2)nn1. The molecule has 1 amide bonds. The van der Waals surface area contributed by atoms with Crippen LogP contribution in [0.5, 0.6) is 0 Å². The smallest absolute Gasteiger partial charge is 0.271 e. The van der Waals surface area contributed by atoms with Crippen molar-refractivity contribution >= 4 is 11.7 Å². The monoisotopic (exact) mass is 289 g/mol. The fraction of sp³-hybridized carbons (Fsp3) is 0.667. The van der Waals surface area contributed by atoms with Gasteiger partial charge in [0.25, 0.3) is 5.91 Å². The predicted molar refractivity (Wildman–Crippen MR) is 81.4 cm³/mol. The maximum absolute atomic E-state index is 11.5. The number of likely N-dealkylation sites (tertiary alicyclic amines) is 1.